The van der Waals surface area contributed by atoms with Crippen LogP contribution < -0.4 is 5.73 Å². The Bertz CT molecular complexity index is 237. The SMILES string of the molecule is CCC(O)(CN)C1CCOC2(CCSC2)C1. The quantitative estimate of drug-likeness (QED) is 0.789. The molecule has 4 heteroatoms. The second kappa shape index (κ2) is 4.84. The van der Waals surface area contributed by atoms with Crippen molar-refractivity contribution in [1.82, 2.24) is 0 Å². The molecule has 0 aliphatic carbocycles. The van der Waals surface area contributed by atoms with Gasteiger partial charge < -0.3 is 15.6 Å². The zero-order valence-corrected chi connectivity index (χ0v) is 10.9. The van der Waals surface area contributed by atoms with Gasteiger partial charge in [0.15, 0.2) is 0 Å². The third-order valence-electron chi connectivity index (χ3n) is 4.29. The molecule has 2 fully saturated rings. The first-order valence-electron chi connectivity index (χ1n) is 6.28. The maximum Gasteiger partial charge on any atom is 0.0796 e. The van der Waals surface area contributed by atoms with E-state index in [0.29, 0.717) is 12.5 Å². The predicted molar refractivity (Wildman–Crippen MR) is 67.6 cm³/mol. The lowest BCUT2D eigenvalue weighted by molar-refractivity contribution is -0.130. The van der Waals surface area contributed by atoms with E-state index in [1.165, 1.54) is 5.75 Å². The molecule has 1 spiro atoms. The molecule has 0 aromatic heterocycles. The van der Waals surface area contributed by atoms with E-state index >= 15 is 0 Å². The number of aliphatic hydroxyl groups is 1. The molecule has 0 amide bonds. The van der Waals surface area contributed by atoms with E-state index in [9.17, 15) is 5.11 Å². The molecule has 0 radical (unpaired) electrons. The van der Waals surface area contributed by atoms with Gasteiger partial charge in [0.25, 0.3) is 0 Å². The number of hydrogen-bond acceptors (Lipinski definition) is 4. The lowest BCUT2D eigenvalue weighted by atomic mass is 9.74. The van der Waals surface area contributed by atoms with Crippen LogP contribution in [0.5, 0.6) is 0 Å². The first kappa shape index (κ1) is 12.7. The molecule has 3 unspecified atom stereocenters. The van der Waals surface area contributed by atoms with Gasteiger partial charge in [-0.2, -0.15) is 11.8 Å². The number of rotatable bonds is 3. The number of nitrogens with two attached hydrogens (primary N) is 1. The number of thioether (sulfide) groups is 1. The van der Waals surface area contributed by atoms with Crippen LogP contribution in [0.4, 0.5) is 0 Å². The van der Waals surface area contributed by atoms with Crippen molar-refractivity contribution in [3.63, 3.8) is 0 Å². The summed E-state index contributed by atoms with van der Waals surface area (Å²) < 4.78 is 5.97. The Kier molecular flexibility index (Phi) is 3.84. The van der Waals surface area contributed by atoms with E-state index in [0.717, 1.165) is 38.0 Å². The Hall–Kier alpha value is 0.230. The van der Waals surface area contributed by atoms with Crippen LogP contribution in [0.25, 0.3) is 0 Å². The van der Waals surface area contributed by atoms with Gasteiger partial charge in [-0.25, -0.2) is 0 Å². The molecular weight excluding hydrogens is 222 g/mol. The highest BCUT2D eigenvalue weighted by molar-refractivity contribution is 7.99. The summed E-state index contributed by atoms with van der Waals surface area (Å²) in [6, 6.07) is 0. The van der Waals surface area contributed by atoms with Crippen LogP contribution >= 0.6 is 11.8 Å². The molecule has 94 valence electrons. The van der Waals surface area contributed by atoms with Crippen molar-refractivity contribution in [2.24, 2.45) is 11.7 Å². The van der Waals surface area contributed by atoms with Crippen LogP contribution in [0, 0.1) is 5.92 Å². The van der Waals surface area contributed by atoms with Crippen molar-refractivity contribution >= 4 is 11.8 Å². The van der Waals surface area contributed by atoms with Crippen LogP contribution in [0.15, 0.2) is 0 Å². The van der Waals surface area contributed by atoms with E-state index in [4.69, 9.17) is 10.5 Å². The van der Waals surface area contributed by atoms with Crippen molar-refractivity contribution in [3.05, 3.63) is 0 Å². The lowest BCUT2D eigenvalue weighted by Crippen LogP contribution is -2.51. The molecule has 3 nitrogen and oxygen atoms in total. The summed E-state index contributed by atoms with van der Waals surface area (Å²) in [5.74, 6) is 2.60. The fourth-order valence-corrected chi connectivity index (χ4v) is 4.33. The summed E-state index contributed by atoms with van der Waals surface area (Å²) in [5, 5.41) is 10.5. The van der Waals surface area contributed by atoms with Gasteiger partial charge in [0.2, 0.25) is 0 Å². The highest BCUT2D eigenvalue weighted by Crippen LogP contribution is 2.43. The van der Waals surface area contributed by atoms with Crippen molar-refractivity contribution in [1.29, 1.82) is 0 Å². The summed E-state index contributed by atoms with van der Waals surface area (Å²) in [5.41, 5.74) is 5.11. The fourth-order valence-electron chi connectivity index (χ4n) is 2.95. The zero-order chi connectivity index (χ0) is 11.6. The molecule has 2 aliphatic rings. The Morgan fingerprint density at radius 1 is 1.62 bits per heavy atom. The van der Waals surface area contributed by atoms with Crippen molar-refractivity contribution < 1.29 is 9.84 Å². The molecule has 2 saturated heterocycles. The first-order chi connectivity index (χ1) is 7.64. The summed E-state index contributed by atoms with van der Waals surface area (Å²) in [6.07, 6.45) is 3.82. The molecule has 0 aromatic carbocycles. The number of hydrogen-bond donors (Lipinski definition) is 2. The smallest absolute Gasteiger partial charge is 0.0796 e. The van der Waals surface area contributed by atoms with E-state index in [2.05, 4.69) is 0 Å². The number of ether oxygens (including phenoxy) is 1. The minimum atomic E-state index is -0.677. The second-order valence-electron chi connectivity index (χ2n) is 5.19. The minimum absolute atomic E-state index is 0.0475. The maximum absolute atomic E-state index is 10.5. The molecule has 0 aromatic rings. The molecule has 2 rings (SSSR count). The monoisotopic (exact) mass is 245 g/mol. The Morgan fingerprint density at radius 3 is 3.00 bits per heavy atom. The van der Waals surface area contributed by atoms with Gasteiger partial charge in [-0.15, -0.1) is 0 Å². The normalized spacial score (nSPS) is 38.8. The molecular formula is C12H23NO2S. The van der Waals surface area contributed by atoms with Crippen LogP contribution in [-0.4, -0.2) is 41.0 Å². The van der Waals surface area contributed by atoms with Crippen LogP contribution in [0.3, 0.4) is 0 Å². The van der Waals surface area contributed by atoms with Gasteiger partial charge in [-0.05, 0) is 37.4 Å². The van der Waals surface area contributed by atoms with Gasteiger partial charge in [0, 0.05) is 18.9 Å². The molecule has 2 aliphatic heterocycles. The fraction of sp³-hybridized carbons (Fsp3) is 1.00. The van der Waals surface area contributed by atoms with Crippen LogP contribution in [-0.2, 0) is 4.74 Å². The summed E-state index contributed by atoms with van der Waals surface area (Å²) >= 11 is 1.97. The zero-order valence-electron chi connectivity index (χ0n) is 10.1. The summed E-state index contributed by atoms with van der Waals surface area (Å²) in [6.45, 7) is 3.18. The molecule has 0 bridgehead atoms. The minimum Gasteiger partial charge on any atom is -0.388 e. The van der Waals surface area contributed by atoms with Crippen molar-refractivity contribution in [2.45, 2.75) is 43.8 Å². The van der Waals surface area contributed by atoms with Crippen molar-refractivity contribution in [2.75, 3.05) is 24.7 Å². The van der Waals surface area contributed by atoms with Gasteiger partial charge in [0.1, 0.15) is 0 Å². The van der Waals surface area contributed by atoms with Crippen molar-refractivity contribution in [3.8, 4) is 0 Å². The summed E-state index contributed by atoms with van der Waals surface area (Å²) in [7, 11) is 0. The largest absolute Gasteiger partial charge is 0.388 e. The van der Waals surface area contributed by atoms with E-state index < -0.39 is 5.60 Å². The van der Waals surface area contributed by atoms with E-state index in [-0.39, 0.29) is 5.60 Å². The molecule has 0 saturated carbocycles. The summed E-state index contributed by atoms with van der Waals surface area (Å²) in [4.78, 5) is 0. The predicted octanol–water partition coefficient (Wildman–Crippen LogP) is 1.39. The Balaban J connectivity index is 2.06. The van der Waals surface area contributed by atoms with Gasteiger partial charge in [-0.1, -0.05) is 6.92 Å². The van der Waals surface area contributed by atoms with Gasteiger partial charge in [0.05, 0.1) is 11.2 Å². The molecule has 3 atom stereocenters. The average Bonchev–Trinajstić information content (AvgIpc) is 2.76. The van der Waals surface area contributed by atoms with Crippen LogP contribution in [0.2, 0.25) is 0 Å². The first-order valence-corrected chi connectivity index (χ1v) is 7.44. The topological polar surface area (TPSA) is 55.5 Å². The van der Waals surface area contributed by atoms with E-state index in [1.807, 2.05) is 18.7 Å². The maximum atomic E-state index is 10.5. The van der Waals surface area contributed by atoms with E-state index in [1.54, 1.807) is 0 Å². The third kappa shape index (κ3) is 2.26. The standard InChI is InChI=1S/C12H23NO2S/c1-2-12(14,8-13)10-3-5-15-11(7-10)4-6-16-9-11/h10,14H,2-9,13H2,1H3. The third-order valence-corrected chi connectivity index (χ3v) is 5.51. The van der Waals surface area contributed by atoms with Crippen LogP contribution in [0.1, 0.15) is 32.6 Å². The lowest BCUT2D eigenvalue weighted by Gasteiger charge is -2.44. The van der Waals surface area contributed by atoms with Gasteiger partial charge >= 0.3 is 0 Å². The van der Waals surface area contributed by atoms with Gasteiger partial charge in [-0.3, -0.25) is 0 Å². The molecule has 16 heavy (non-hydrogen) atoms. The molecule has 2 heterocycles. The highest BCUT2D eigenvalue weighted by Gasteiger charge is 2.46. The Morgan fingerprint density at radius 2 is 2.44 bits per heavy atom. The Labute approximate surface area is 102 Å². The molecule has 3 N–H and O–H groups in total. The highest BCUT2D eigenvalue weighted by atomic mass is 32.2. The second-order valence-corrected chi connectivity index (χ2v) is 6.29. The average molecular weight is 245 g/mol.